The van der Waals surface area contributed by atoms with Gasteiger partial charge in [-0.25, -0.2) is 9.97 Å². The van der Waals surface area contributed by atoms with Gasteiger partial charge in [0.25, 0.3) is 0 Å². The molecule has 0 aliphatic rings. The van der Waals surface area contributed by atoms with Crippen LogP contribution in [-0.2, 0) is 0 Å². The molecule has 0 N–H and O–H groups in total. The first kappa shape index (κ1) is 13.0. The van der Waals surface area contributed by atoms with Crippen LogP contribution >= 0.6 is 11.6 Å². The SMILES string of the molecule is CC(C)c1nc(Cl)cc(-c2cnc3ccccc3c2)n1. The minimum Gasteiger partial charge on any atom is -0.256 e. The van der Waals surface area contributed by atoms with E-state index in [9.17, 15) is 0 Å². The lowest BCUT2D eigenvalue weighted by molar-refractivity contribution is 0.776. The fraction of sp³-hybridized carbons (Fsp3) is 0.188. The van der Waals surface area contributed by atoms with Crippen LogP contribution < -0.4 is 0 Å². The smallest absolute Gasteiger partial charge is 0.133 e. The van der Waals surface area contributed by atoms with Crippen molar-refractivity contribution in [1.29, 1.82) is 0 Å². The van der Waals surface area contributed by atoms with Crippen LogP contribution in [0.2, 0.25) is 5.15 Å². The Balaban J connectivity index is 2.15. The Hall–Kier alpha value is -2.00. The first-order valence-electron chi connectivity index (χ1n) is 6.53. The maximum Gasteiger partial charge on any atom is 0.133 e. The highest BCUT2D eigenvalue weighted by molar-refractivity contribution is 6.29. The van der Waals surface area contributed by atoms with Crippen LogP contribution in [0, 0.1) is 0 Å². The average molecular weight is 284 g/mol. The third-order valence-corrected chi connectivity index (χ3v) is 3.31. The summed E-state index contributed by atoms with van der Waals surface area (Å²) >= 11 is 6.09. The molecule has 0 aliphatic carbocycles. The van der Waals surface area contributed by atoms with Crippen molar-refractivity contribution in [1.82, 2.24) is 15.0 Å². The van der Waals surface area contributed by atoms with Crippen LogP contribution in [0.25, 0.3) is 22.2 Å². The molecule has 0 fully saturated rings. The number of hydrogen-bond acceptors (Lipinski definition) is 3. The molecule has 1 aromatic carbocycles. The molecule has 0 atom stereocenters. The fourth-order valence-corrected chi connectivity index (χ4v) is 2.24. The van der Waals surface area contributed by atoms with E-state index in [1.165, 1.54) is 0 Å². The molecule has 2 heterocycles. The van der Waals surface area contributed by atoms with Crippen molar-refractivity contribution in [3.63, 3.8) is 0 Å². The lowest BCUT2D eigenvalue weighted by atomic mass is 10.1. The maximum atomic E-state index is 6.09. The molecule has 0 bridgehead atoms. The van der Waals surface area contributed by atoms with E-state index in [4.69, 9.17) is 11.6 Å². The zero-order chi connectivity index (χ0) is 14.1. The third-order valence-electron chi connectivity index (χ3n) is 3.11. The van der Waals surface area contributed by atoms with Crippen LogP contribution in [0.15, 0.2) is 42.6 Å². The molecule has 20 heavy (non-hydrogen) atoms. The fourth-order valence-electron chi connectivity index (χ4n) is 2.05. The monoisotopic (exact) mass is 283 g/mol. The van der Waals surface area contributed by atoms with Crippen LogP contribution in [0.3, 0.4) is 0 Å². The highest BCUT2D eigenvalue weighted by Gasteiger charge is 2.09. The Kier molecular flexibility index (Phi) is 3.36. The molecule has 0 saturated carbocycles. The summed E-state index contributed by atoms with van der Waals surface area (Å²) in [5, 5.41) is 1.55. The van der Waals surface area contributed by atoms with Gasteiger partial charge in [-0.1, -0.05) is 43.6 Å². The van der Waals surface area contributed by atoms with Gasteiger partial charge in [-0.2, -0.15) is 0 Å². The van der Waals surface area contributed by atoms with Gasteiger partial charge in [0.15, 0.2) is 0 Å². The van der Waals surface area contributed by atoms with Gasteiger partial charge in [0.2, 0.25) is 0 Å². The van der Waals surface area contributed by atoms with E-state index >= 15 is 0 Å². The minimum atomic E-state index is 0.237. The third kappa shape index (κ3) is 2.49. The summed E-state index contributed by atoms with van der Waals surface area (Å²) in [4.78, 5) is 13.3. The maximum absolute atomic E-state index is 6.09. The number of aromatic nitrogens is 3. The van der Waals surface area contributed by atoms with Crippen molar-refractivity contribution >= 4 is 22.5 Å². The van der Waals surface area contributed by atoms with Crippen molar-refractivity contribution in [3.05, 3.63) is 53.6 Å². The summed E-state index contributed by atoms with van der Waals surface area (Å²) in [6, 6.07) is 11.9. The summed E-state index contributed by atoms with van der Waals surface area (Å²) in [7, 11) is 0. The van der Waals surface area contributed by atoms with E-state index in [1.807, 2.05) is 44.3 Å². The summed E-state index contributed by atoms with van der Waals surface area (Å²) in [5.74, 6) is 0.988. The highest BCUT2D eigenvalue weighted by atomic mass is 35.5. The van der Waals surface area contributed by atoms with Crippen molar-refractivity contribution in [2.75, 3.05) is 0 Å². The standard InChI is InChI=1S/C16H14ClN3/c1-10(2)16-19-14(8-15(17)20-16)12-7-11-5-3-4-6-13(11)18-9-12/h3-10H,1-2H3. The number of para-hydroxylation sites is 1. The Labute approximate surface area is 122 Å². The Morgan fingerprint density at radius 1 is 1.05 bits per heavy atom. The Morgan fingerprint density at radius 3 is 2.65 bits per heavy atom. The lowest BCUT2D eigenvalue weighted by Gasteiger charge is -2.08. The molecule has 0 radical (unpaired) electrons. The molecule has 4 heteroatoms. The highest BCUT2D eigenvalue weighted by Crippen LogP contribution is 2.24. The predicted octanol–water partition coefficient (Wildman–Crippen LogP) is 4.47. The number of fused-ring (bicyclic) bond motifs is 1. The number of benzene rings is 1. The summed E-state index contributed by atoms with van der Waals surface area (Å²) in [5.41, 5.74) is 2.74. The van der Waals surface area contributed by atoms with Crippen molar-refractivity contribution in [3.8, 4) is 11.3 Å². The second-order valence-corrected chi connectivity index (χ2v) is 5.39. The quantitative estimate of drug-likeness (QED) is 0.651. The van der Waals surface area contributed by atoms with Crippen LogP contribution in [0.4, 0.5) is 0 Å². The second-order valence-electron chi connectivity index (χ2n) is 5.01. The normalized spacial score (nSPS) is 11.2. The van der Waals surface area contributed by atoms with Gasteiger partial charge >= 0.3 is 0 Å². The van der Waals surface area contributed by atoms with Gasteiger partial charge < -0.3 is 0 Å². The predicted molar refractivity (Wildman–Crippen MR) is 81.9 cm³/mol. The van der Waals surface area contributed by atoms with E-state index in [2.05, 4.69) is 21.0 Å². The zero-order valence-corrected chi connectivity index (χ0v) is 12.1. The zero-order valence-electron chi connectivity index (χ0n) is 11.3. The van der Waals surface area contributed by atoms with E-state index in [0.717, 1.165) is 28.0 Å². The number of rotatable bonds is 2. The molecular weight excluding hydrogens is 270 g/mol. The molecule has 3 nitrogen and oxygen atoms in total. The van der Waals surface area contributed by atoms with Gasteiger partial charge in [-0.05, 0) is 12.1 Å². The number of nitrogens with zero attached hydrogens (tertiary/aromatic N) is 3. The lowest BCUT2D eigenvalue weighted by Crippen LogP contribution is -1.99. The van der Waals surface area contributed by atoms with Gasteiger partial charge in [0.05, 0.1) is 11.2 Å². The van der Waals surface area contributed by atoms with Crippen LogP contribution in [-0.4, -0.2) is 15.0 Å². The van der Waals surface area contributed by atoms with Gasteiger partial charge in [0, 0.05) is 29.1 Å². The van der Waals surface area contributed by atoms with Crippen LogP contribution in [0.1, 0.15) is 25.6 Å². The molecular formula is C16H14ClN3. The Morgan fingerprint density at radius 2 is 1.85 bits per heavy atom. The average Bonchev–Trinajstić information content (AvgIpc) is 2.46. The number of hydrogen-bond donors (Lipinski definition) is 0. The topological polar surface area (TPSA) is 38.7 Å². The molecule has 3 aromatic rings. The number of pyridine rings is 1. The molecule has 100 valence electrons. The van der Waals surface area contributed by atoms with E-state index < -0.39 is 0 Å². The summed E-state index contributed by atoms with van der Waals surface area (Å²) < 4.78 is 0. The van der Waals surface area contributed by atoms with E-state index in [0.29, 0.717) is 5.15 Å². The summed E-state index contributed by atoms with van der Waals surface area (Å²) in [6.45, 7) is 4.10. The summed E-state index contributed by atoms with van der Waals surface area (Å²) in [6.07, 6.45) is 1.82. The molecule has 2 aromatic heterocycles. The molecule has 0 amide bonds. The van der Waals surface area contributed by atoms with Gasteiger partial charge in [0.1, 0.15) is 11.0 Å². The van der Waals surface area contributed by atoms with Crippen molar-refractivity contribution < 1.29 is 0 Å². The largest absolute Gasteiger partial charge is 0.256 e. The van der Waals surface area contributed by atoms with Crippen LogP contribution in [0.5, 0.6) is 0 Å². The van der Waals surface area contributed by atoms with Gasteiger partial charge in [-0.15, -0.1) is 0 Å². The molecule has 0 saturated heterocycles. The molecule has 0 spiro atoms. The first-order chi connectivity index (χ1) is 9.63. The second kappa shape index (κ2) is 5.17. The van der Waals surface area contributed by atoms with E-state index in [-0.39, 0.29) is 5.92 Å². The molecule has 0 unspecified atom stereocenters. The Bertz CT molecular complexity index is 769. The van der Waals surface area contributed by atoms with Gasteiger partial charge in [-0.3, -0.25) is 4.98 Å². The van der Waals surface area contributed by atoms with Crippen molar-refractivity contribution in [2.24, 2.45) is 0 Å². The molecule has 3 rings (SSSR count). The first-order valence-corrected chi connectivity index (χ1v) is 6.91. The number of halogens is 1. The molecule has 0 aliphatic heterocycles. The minimum absolute atomic E-state index is 0.237. The van der Waals surface area contributed by atoms with E-state index in [1.54, 1.807) is 6.07 Å². The van der Waals surface area contributed by atoms with Crippen molar-refractivity contribution in [2.45, 2.75) is 19.8 Å².